The molecule has 1 heteroatoms. The first kappa shape index (κ1) is 10.5. The molecular weight excluding hydrogens is 170 g/mol. The molecule has 0 heterocycles. The smallest absolute Gasteiger partial charge is 0.00723 e. The molecule has 0 spiro atoms. The average molecular weight is 195 g/mol. The Hall–Kier alpha value is -0.0400. The molecule has 1 nitrogen and oxygen atoms in total. The molecule has 0 bridgehead atoms. The van der Waals surface area contributed by atoms with E-state index < -0.39 is 0 Å². The van der Waals surface area contributed by atoms with Crippen LogP contribution in [0.3, 0.4) is 0 Å². The lowest BCUT2D eigenvalue weighted by Gasteiger charge is -2.37. The van der Waals surface area contributed by atoms with Crippen molar-refractivity contribution in [3.63, 3.8) is 0 Å². The predicted molar refractivity (Wildman–Crippen MR) is 61.4 cm³/mol. The first-order valence-corrected chi connectivity index (χ1v) is 6.47. The molecular formula is C13H25N. The van der Waals surface area contributed by atoms with Crippen molar-refractivity contribution in [1.82, 2.24) is 5.32 Å². The quantitative estimate of drug-likeness (QED) is 0.725. The molecule has 0 aromatic heterocycles. The summed E-state index contributed by atoms with van der Waals surface area (Å²) in [6.07, 6.45) is 10.1. The van der Waals surface area contributed by atoms with Gasteiger partial charge in [-0.2, -0.15) is 0 Å². The Kier molecular flexibility index (Phi) is 3.16. The lowest BCUT2D eigenvalue weighted by molar-refractivity contribution is 0.191. The van der Waals surface area contributed by atoms with Gasteiger partial charge in [-0.3, -0.25) is 0 Å². The van der Waals surface area contributed by atoms with Crippen LogP contribution in [-0.4, -0.2) is 12.6 Å². The lowest BCUT2D eigenvalue weighted by Crippen LogP contribution is -2.44. The van der Waals surface area contributed by atoms with Crippen molar-refractivity contribution < 1.29 is 0 Å². The number of hydrogen-bond acceptors (Lipinski definition) is 1. The highest BCUT2D eigenvalue weighted by Crippen LogP contribution is 2.40. The summed E-state index contributed by atoms with van der Waals surface area (Å²) in [5, 5.41) is 3.78. The maximum Gasteiger partial charge on any atom is 0.00723 e. The van der Waals surface area contributed by atoms with E-state index in [1.54, 1.807) is 0 Å². The van der Waals surface area contributed by atoms with Crippen LogP contribution in [0.2, 0.25) is 0 Å². The molecule has 0 atom stereocenters. The summed E-state index contributed by atoms with van der Waals surface area (Å²) in [5.74, 6) is 0.980. The minimum Gasteiger partial charge on any atom is -0.313 e. The summed E-state index contributed by atoms with van der Waals surface area (Å²) in [5.41, 5.74) is 0.679. The maximum atomic E-state index is 3.78. The third kappa shape index (κ3) is 2.13. The topological polar surface area (TPSA) is 12.0 Å². The Morgan fingerprint density at radius 2 is 1.86 bits per heavy atom. The van der Waals surface area contributed by atoms with E-state index in [0.717, 1.165) is 12.0 Å². The van der Waals surface area contributed by atoms with E-state index in [4.69, 9.17) is 0 Å². The van der Waals surface area contributed by atoms with Crippen LogP contribution in [0.25, 0.3) is 0 Å². The highest BCUT2D eigenvalue weighted by molar-refractivity contribution is 4.89. The van der Waals surface area contributed by atoms with Crippen molar-refractivity contribution in [1.29, 1.82) is 0 Å². The second kappa shape index (κ2) is 4.22. The van der Waals surface area contributed by atoms with Crippen LogP contribution < -0.4 is 5.32 Å². The molecule has 14 heavy (non-hydrogen) atoms. The van der Waals surface area contributed by atoms with Gasteiger partial charge in [-0.1, -0.05) is 26.7 Å². The fourth-order valence-corrected chi connectivity index (χ4v) is 3.21. The predicted octanol–water partition coefficient (Wildman–Crippen LogP) is 3.34. The van der Waals surface area contributed by atoms with E-state index in [1.165, 1.54) is 51.5 Å². The van der Waals surface area contributed by atoms with Gasteiger partial charge in [0.25, 0.3) is 0 Å². The first-order valence-electron chi connectivity index (χ1n) is 6.47. The molecule has 0 unspecified atom stereocenters. The van der Waals surface area contributed by atoms with Crippen molar-refractivity contribution in [2.45, 2.75) is 64.8 Å². The van der Waals surface area contributed by atoms with Crippen LogP contribution in [0.4, 0.5) is 0 Å². The summed E-state index contributed by atoms with van der Waals surface area (Å²) < 4.78 is 0. The van der Waals surface area contributed by atoms with Crippen LogP contribution in [0, 0.1) is 11.3 Å². The summed E-state index contributed by atoms with van der Waals surface area (Å²) in [6, 6.07) is 0.856. The average Bonchev–Trinajstić information content (AvgIpc) is 2.60. The van der Waals surface area contributed by atoms with Gasteiger partial charge in [0.2, 0.25) is 0 Å². The Morgan fingerprint density at radius 3 is 2.36 bits per heavy atom. The Bertz CT molecular complexity index is 176. The van der Waals surface area contributed by atoms with Crippen molar-refractivity contribution in [2.75, 3.05) is 6.54 Å². The van der Waals surface area contributed by atoms with Crippen LogP contribution in [0.5, 0.6) is 0 Å². The molecule has 82 valence electrons. The standard InChI is InChI=1S/C13H25N/c1-3-13(6-4-5-7-13)10-14-12-8-11(2)9-12/h11-12,14H,3-10H2,1-2H3. The third-order valence-electron chi connectivity index (χ3n) is 4.55. The van der Waals surface area contributed by atoms with Crippen molar-refractivity contribution >= 4 is 0 Å². The normalized spacial score (nSPS) is 35.6. The number of rotatable bonds is 4. The fourth-order valence-electron chi connectivity index (χ4n) is 3.21. The molecule has 2 fully saturated rings. The first-order chi connectivity index (χ1) is 6.74. The number of nitrogens with one attached hydrogen (secondary N) is 1. The van der Waals surface area contributed by atoms with Gasteiger partial charge in [0.05, 0.1) is 0 Å². The Morgan fingerprint density at radius 1 is 1.21 bits per heavy atom. The van der Waals surface area contributed by atoms with Gasteiger partial charge in [0.15, 0.2) is 0 Å². The van der Waals surface area contributed by atoms with E-state index in [-0.39, 0.29) is 0 Å². The van der Waals surface area contributed by atoms with Gasteiger partial charge in [-0.25, -0.2) is 0 Å². The fraction of sp³-hybridized carbons (Fsp3) is 1.00. The second-order valence-electron chi connectivity index (χ2n) is 5.72. The molecule has 2 aliphatic rings. The van der Waals surface area contributed by atoms with E-state index in [9.17, 15) is 0 Å². The lowest BCUT2D eigenvalue weighted by atomic mass is 9.79. The number of hydrogen-bond donors (Lipinski definition) is 1. The van der Waals surface area contributed by atoms with Crippen molar-refractivity contribution in [3.8, 4) is 0 Å². The maximum absolute atomic E-state index is 3.78. The molecule has 0 amide bonds. The molecule has 2 aliphatic carbocycles. The molecule has 0 aliphatic heterocycles. The zero-order valence-electron chi connectivity index (χ0n) is 9.81. The Balaban J connectivity index is 1.72. The Labute approximate surface area is 88.7 Å². The SMILES string of the molecule is CCC1(CNC2CC(C)C2)CCCC1. The van der Waals surface area contributed by atoms with Crippen LogP contribution in [-0.2, 0) is 0 Å². The summed E-state index contributed by atoms with van der Waals surface area (Å²) in [7, 11) is 0. The molecule has 0 saturated heterocycles. The summed E-state index contributed by atoms with van der Waals surface area (Å²) >= 11 is 0. The van der Waals surface area contributed by atoms with Gasteiger partial charge in [0.1, 0.15) is 0 Å². The minimum atomic E-state index is 0.679. The molecule has 0 aromatic rings. The molecule has 0 radical (unpaired) electrons. The molecule has 0 aromatic carbocycles. The van der Waals surface area contributed by atoms with Gasteiger partial charge in [0, 0.05) is 12.6 Å². The van der Waals surface area contributed by atoms with Crippen LogP contribution in [0.1, 0.15) is 58.8 Å². The van der Waals surface area contributed by atoms with Crippen LogP contribution in [0.15, 0.2) is 0 Å². The zero-order chi connectivity index (χ0) is 10.0. The molecule has 2 saturated carbocycles. The van der Waals surface area contributed by atoms with E-state index in [1.807, 2.05) is 0 Å². The van der Waals surface area contributed by atoms with E-state index in [2.05, 4.69) is 19.2 Å². The largest absolute Gasteiger partial charge is 0.313 e. The van der Waals surface area contributed by atoms with Gasteiger partial charge < -0.3 is 5.32 Å². The highest BCUT2D eigenvalue weighted by atomic mass is 14.9. The van der Waals surface area contributed by atoms with Gasteiger partial charge >= 0.3 is 0 Å². The third-order valence-corrected chi connectivity index (χ3v) is 4.55. The monoisotopic (exact) mass is 195 g/mol. The minimum absolute atomic E-state index is 0.679. The van der Waals surface area contributed by atoms with Crippen molar-refractivity contribution in [3.05, 3.63) is 0 Å². The van der Waals surface area contributed by atoms with E-state index >= 15 is 0 Å². The summed E-state index contributed by atoms with van der Waals surface area (Å²) in [4.78, 5) is 0. The van der Waals surface area contributed by atoms with Crippen LogP contribution >= 0.6 is 0 Å². The van der Waals surface area contributed by atoms with Crippen molar-refractivity contribution in [2.24, 2.45) is 11.3 Å². The van der Waals surface area contributed by atoms with Gasteiger partial charge in [-0.05, 0) is 43.4 Å². The molecule has 2 rings (SSSR count). The second-order valence-corrected chi connectivity index (χ2v) is 5.72. The molecule has 1 N–H and O–H groups in total. The highest BCUT2D eigenvalue weighted by Gasteiger charge is 2.33. The van der Waals surface area contributed by atoms with Gasteiger partial charge in [-0.15, -0.1) is 0 Å². The van der Waals surface area contributed by atoms with E-state index in [0.29, 0.717) is 5.41 Å². The zero-order valence-corrected chi connectivity index (χ0v) is 9.81. The summed E-state index contributed by atoms with van der Waals surface area (Å²) in [6.45, 7) is 6.03.